The second kappa shape index (κ2) is 9.45. The zero-order valence-corrected chi connectivity index (χ0v) is 17.5. The Morgan fingerprint density at radius 1 is 1.10 bits per heavy atom. The first-order chi connectivity index (χ1) is 15.2. The highest BCUT2D eigenvalue weighted by atomic mass is 16.5. The summed E-state index contributed by atoms with van der Waals surface area (Å²) in [6, 6.07) is 17.5. The van der Waals surface area contributed by atoms with Gasteiger partial charge in [0.15, 0.2) is 0 Å². The fraction of sp³-hybridized carbons (Fsp3) is 0.292. The van der Waals surface area contributed by atoms with Gasteiger partial charge in [-0.05, 0) is 61.3 Å². The van der Waals surface area contributed by atoms with Crippen molar-refractivity contribution in [2.24, 2.45) is 0 Å². The van der Waals surface area contributed by atoms with Crippen molar-refractivity contribution in [3.8, 4) is 23.1 Å². The van der Waals surface area contributed by atoms with Crippen LogP contribution in [0.5, 0.6) is 5.75 Å². The van der Waals surface area contributed by atoms with E-state index in [1.807, 2.05) is 6.07 Å². The number of aromatic nitrogens is 2. The number of rotatable bonds is 7. The van der Waals surface area contributed by atoms with Gasteiger partial charge in [-0.1, -0.05) is 24.3 Å². The van der Waals surface area contributed by atoms with E-state index in [0.717, 1.165) is 12.1 Å². The number of benzene rings is 2. The van der Waals surface area contributed by atoms with Gasteiger partial charge in [-0.3, -0.25) is 14.7 Å². The van der Waals surface area contributed by atoms with Crippen molar-refractivity contribution in [2.75, 3.05) is 25.5 Å². The van der Waals surface area contributed by atoms with Crippen LogP contribution in [-0.2, 0) is 13.1 Å². The van der Waals surface area contributed by atoms with Crippen LogP contribution in [0, 0.1) is 11.3 Å². The number of H-pyrrole nitrogens is 1. The summed E-state index contributed by atoms with van der Waals surface area (Å²) >= 11 is 0. The summed E-state index contributed by atoms with van der Waals surface area (Å²) in [6.45, 7) is 3.86. The second-order valence-corrected chi connectivity index (χ2v) is 7.63. The van der Waals surface area contributed by atoms with Crippen LogP contribution in [0.4, 0.5) is 5.95 Å². The molecule has 0 amide bonds. The Labute approximate surface area is 181 Å². The minimum Gasteiger partial charge on any atom is -0.497 e. The molecule has 0 aliphatic carbocycles. The van der Waals surface area contributed by atoms with Crippen molar-refractivity contribution in [1.29, 1.82) is 5.26 Å². The lowest BCUT2D eigenvalue weighted by Gasteiger charge is -2.15. The molecular weight excluding hydrogens is 390 g/mol. The summed E-state index contributed by atoms with van der Waals surface area (Å²) in [7, 11) is 1.59. The molecule has 0 atom stereocenters. The Bertz CT molecular complexity index is 1120. The number of aromatic amines is 1. The number of methoxy groups -OCH3 is 1. The van der Waals surface area contributed by atoms with E-state index in [0.29, 0.717) is 29.5 Å². The van der Waals surface area contributed by atoms with Gasteiger partial charge in [0.05, 0.1) is 12.8 Å². The van der Waals surface area contributed by atoms with E-state index in [1.165, 1.54) is 31.5 Å². The number of likely N-dealkylation sites (tertiary alicyclic amines) is 1. The Morgan fingerprint density at radius 3 is 2.42 bits per heavy atom. The van der Waals surface area contributed by atoms with Gasteiger partial charge in [0.2, 0.25) is 5.95 Å². The number of anilines is 1. The van der Waals surface area contributed by atoms with E-state index in [2.05, 4.69) is 44.5 Å². The topological polar surface area (TPSA) is 94.0 Å². The van der Waals surface area contributed by atoms with E-state index in [1.54, 1.807) is 31.4 Å². The monoisotopic (exact) mass is 415 g/mol. The van der Waals surface area contributed by atoms with Gasteiger partial charge in [0.25, 0.3) is 5.56 Å². The predicted molar refractivity (Wildman–Crippen MR) is 120 cm³/mol. The number of nitriles is 1. The zero-order chi connectivity index (χ0) is 21.6. The molecule has 2 heterocycles. The molecule has 158 valence electrons. The highest BCUT2D eigenvalue weighted by molar-refractivity contribution is 5.67. The van der Waals surface area contributed by atoms with Crippen LogP contribution < -0.4 is 15.6 Å². The van der Waals surface area contributed by atoms with Crippen molar-refractivity contribution in [2.45, 2.75) is 25.9 Å². The maximum absolute atomic E-state index is 12.4. The minimum absolute atomic E-state index is 0.0121. The van der Waals surface area contributed by atoms with Crippen molar-refractivity contribution < 1.29 is 4.74 Å². The Kier molecular flexibility index (Phi) is 6.29. The van der Waals surface area contributed by atoms with Crippen LogP contribution >= 0.6 is 0 Å². The maximum atomic E-state index is 12.4. The molecule has 0 spiro atoms. The van der Waals surface area contributed by atoms with Gasteiger partial charge in [0.1, 0.15) is 17.4 Å². The maximum Gasteiger partial charge on any atom is 0.270 e. The third-order valence-corrected chi connectivity index (χ3v) is 5.48. The van der Waals surface area contributed by atoms with Crippen molar-refractivity contribution in [3.05, 3.63) is 75.6 Å². The van der Waals surface area contributed by atoms with E-state index in [4.69, 9.17) is 4.74 Å². The number of nitrogens with one attached hydrogen (secondary N) is 2. The first-order valence-corrected chi connectivity index (χ1v) is 10.4. The highest BCUT2D eigenvalue weighted by Crippen LogP contribution is 2.23. The third-order valence-electron chi connectivity index (χ3n) is 5.48. The summed E-state index contributed by atoms with van der Waals surface area (Å²) in [4.78, 5) is 22.0. The molecule has 1 aromatic heterocycles. The largest absolute Gasteiger partial charge is 0.497 e. The number of hydrogen-bond donors (Lipinski definition) is 2. The highest BCUT2D eigenvalue weighted by Gasteiger charge is 2.14. The fourth-order valence-corrected chi connectivity index (χ4v) is 3.77. The molecule has 1 saturated heterocycles. The molecule has 0 bridgehead atoms. The summed E-state index contributed by atoms with van der Waals surface area (Å²) in [5.41, 5.74) is 2.93. The first-order valence-electron chi connectivity index (χ1n) is 10.4. The Hall–Kier alpha value is -3.63. The van der Waals surface area contributed by atoms with Crippen LogP contribution in [0.15, 0.2) is 53.3 Å². The lowest BCUT2D eigenvalue weighted by Crippen LogP contribution is -2.18. The normalized spacial score (nSPS) is 13.7. The van der Waals surface area contributed by atoms with Gasteiger partial charge in [-0.2, -0.15) is 5.26 Å². The van der Waals surface area contributed by atoms with Crippen molar-refractivity contribution >= 4 is 5.95 Å². The second-order valence-electron chi connectivity index (χ2n) is 7.63. The molecule has 0 unspecified atom stereocenters. The number of hydrogen-bond acceptors (Lipinski definition) is 6. The van der Waals surface area contributed by atoms with Gasteiger partial charge in [0, 0.05) is 18.7 Å². The van der Waals surface area contributed by atoms with Crippen LogP contribution in [0.2, 0.25) is 0 Å². The van der Waals surface area contributed by atoms with Crippen LogP contribution in [0.1, 0.15) is 29.5 Å². The summed E-state index contributed by atoms with van der Waals surface area (Å²) in [5, 5.41) is 12.6. The fourth-order valence-electron chi connectivity index (χ4n) is 3.77. The van der Waals surface area contributed by atoms with E-state index in [-0.39, 0.29) is 5.56 Å². The average Bonchev–Trinajstić information content (AvgIpc) is 3.31. The summed E-state index contributed by atoms with van der Waals surface area (Å²) in [5.74, 6) is 1.02. The van der Waals surface area contributed by atoms with E-state index in [9.17, 15) is 10.1 Å². The standard InChI is InChI=1S/C24H25N5O2/c1-31-20-10-8-19(9-11-20)22-21(14-25)23(30)28-24(27-22)26-15-17-4-6-18(7-5-17)16-29-12-2-3-13-29/h4-11H,2-3,12-13,15-16H2,1H3,(H2,26,27,28,30). The lowest BCUT2D eigenvalue weighted by atomic mass is 10.1. The lowest BCUT2D eigenvalue weighted by molar-refractivity contribution is 0.331. The van der Waals surface area contributed by atoms with Crippen LogP contribution in [-0.4, -0.2) is 35.1 Å². The Balaban J connectivity index is 1.48. The van der Waals surface area contributed by atoms with Crippen molar-refractivity contribution in [3.63, 3.8) is 0 Å². The summed E-state index contributed by atoms with van der Waals surface area (Å²) < 4.78 is 5.17. The number of nitrogens with zero attached hydrogens (tertiary/aromatic N) is 3. The molecule has 4 rings (SSSR count). The number of ether oxygens (including phenoxy) is 1. The van der Waals surface area contributed by atoms with Crippen molar-refractivity contribution in [1.82, 2.24) is 14.9 Å². The summed E-state index contributed by atoms with van der Waals surface area (Å²) in [6.07, 6.45) is 2.58. The molecule has 31 heavy (non-hydrogen) atoms. The molecule has 1 aliphatic rings. The smallest absolute Gasteiger partial charge is 0.270 e. The van der Waals surface area contributed by atoms with E-state index >= 15 is 0 Å². The van der Waals surface area contributed by atoms with Crippen LogP contribution in [0.3, 0.4) is 0 Å². The zero-order valence-electron chi connectivity index (χ0n) is 17.5. The van der Waals surface area contributed by atoms with E-state index < -0.39 is 5.56 Å². The molecular formula is C24H25N5O2. The molecule has 7 heteroatoms. The van der Waals surface area contributed by atoms with Gasteiger partial charge in [-0.15, -0.1) is 0 Å². The molecule has 3 aromatic rings. The SMILES string of the molecule is COc1ccc(-c2nc(NCc3ccc(CN4CCCC4)cc3)[nH]c(=O)c2C#N)cc1. The average molecular weight is 415 g/mol. The molecule has 0 saturated carbocycles. The molecule has 0 radical (unpaired) electrons. The van der Waals surface area contributed by atoms with Crippen LogP contribution in [0.25, 0.3) is 11.3 Å². The van der Waals surface area contributed by atoms with Gasteiger partial charge >= 0.3 is 0 Å². The third kappa shape index (κ3) is 4.93. The minimum atomic E-state index is -0.466. The molecule has 2 N–H and O–H groups in total. The molecule has 1 aliphatic heterocycles. The quantitative estimate of drug-likeness (QED) is 0.613. The Morgan fingerprint density at radius 2 is 1.77 bits per heavy atom. The molecule has 2 aromatic carbocycles. The molecule has 1 fully saturated rings. The molecule has 7 nitrogen and oxygen atoms in total. The first kappa shape index (κ1) is 20.6. The van der Waals surface area contributed by atoms with Gasteiger partial charge in [-0.25, -0.2) is 4.98 Å². The van der Waals surface area contributed by atoms with Gasteiger partial charge < -0.3 is 10.1 Å². The predicted octanol–water partition coefficient (Wildman–Crippen LogP) is 3.53.